The van der Waals surface area contributed by atoms with Gasteiger partial charge in [0.1, 0.15) is 5.82 Å². The molecule has 0 saturated heterocycles. The van der Waals surface area contributed by atoms with E-state index in [1.165, 1.54) is 6.42 Å². The fraction of sp³-hybridized carbons (Fsp3) is 0.421. The van der Waals surface area contributed by atoms with Gasteiger partial charge in [-0.3, -0.25) is 4.79 Å². The maximum atomic E-state index is 11.8. The first-order valence-electron chi connectivity index (χ1n) is 8.96. The molecule has 27 heavy (non-hydrogen) atoms. The highest BCUT2D eigenvalue weighted by Crippen LogP contribution is 2.26. The molecule has 2 heterocycles. The highest BCUT2D eigenvalue weighted by atomic mass is 35.5. The predicted molar refractivity (Wildman–Crippen MR) is 111 cm³/mol. The van der Waals surface area contributed by atoms with Crippen molar-refractivity contribution in [3.05, 3.63) is 41.3 Å². The minimum atomic E-state index is -0.585. The van der Waals surface area contributed by atoms with Gasteiger partial charge in [0.15, 0.2) is 5.69 Å². The summed E-state index contributed by atoms with van der Waals surface area (Å²) in [7, 11) is 0. The topological polar surface area (TPSA) is 119 Å². The molecule has 7 nitrogen and oxygen atoms in total. The quantitative estimate of drug-likeness (QED) is 0.623. The van der Waals surface area contributed by atoms with E-state index in [0.29, 0.717) is 11.5 Å². The lowest BCUT2D eigenvalue weighted by molar-refractivity contribution is 0.0996. The van der Waals surface area contributed by atoms with Crippen molar-refractivity contribution >= 4 is 35.5 Å². The second kappa shape index (κ2) is 9.01. The van der Waals surface area contributed by atoms with Gasteiger partial charge in [0.2, 0.25) is 0 Å². The lowest BCUT2D eigenvalue weighted by Crippen LogP contribution is -2.42. The van der Waals surface area contributed by atoms with E-state index in [4.69, 9.17) is 11.5 Å². The number of pyridine rings is 2. The summed E-state index contributed by atoms with van der Waals surface area (Å²) < 4.78 is 0. The zero-order valence-electron chi connectivity index (χ0n) is 15.7. The smallest absolute Gasteiger partial charge is 0.269 e. The molecule has 0 aromatic carbocycles. The number of anilines is 3. The van der Waals surface area contributed by atoms with E-state index >= 15 is 0 Å². The Morgan fingerprint density at radius 2 is 1.93 bits per heavy atom. The second-order valence-electron chi connectivity index (χ2n) is 6.98. The number of primary amides is 1. The third kappa shape index (κ3) is 5.30. The fourth-order valence-corrected chi connectivity index (χ4v) is 3.43. The molecule has 8 heteroatoms. The van der Waals surface area contributed by atoms with Gasteiger partial charge in [-0.2, -0.15) is 0 Å². The van der Waals surface area contributed by atoms with Gasteiger partial charge in [0, 0.05) is 17.8 Å². The van der Waals surface area contributed by atoms with E-state index in [2.05, 4.69) is 20.6 Å². The van der Waals surface area contributed by atoms with E-state index in [1.54, 1.807) is 6.20 Å². The molecule has 0 bridgehead atoms. The summed E-state index contributed by atoms with van der Waals surface area (Å²) in [6.45, 7) is 3.92. The second-order valence-corrected chi connectivity index (χ2v) is 6.98. The van der Waals surface area contributed by atoms with Gasteiger partial charge >= 0.3 is 0 Å². The number of hydrogen-bond donors (Lipinski definition) is 4. The summed E-state index contributed by atoms with van der Waals surface area (Å²) in [5.41, 5.74) is 15.2. The monoisotopic (exact) mass is 390 g/mol. The highest BCUT2D eigenvalue weighted by Gasteiger charge is 2.22. The van der Waals surface area contributed by atoms with Crippen molar-refractivity contribution in [1.29, 1.82) is 0 Å². The number of hydrogen-bond acceptors (Lipinski definition) is 6. The van der Waals surface area contributed by atoms with Crippen LogP contribution >= 0.6 is 12.4 Å². The molecule has 2 aromatic rings. The first-order chi connectivity index (χ1) is 12.4. The van der Waals surface area contributed by atoms with Crippen LogP contribution in [0.15, 0.2) is 24.4 Å². The number of nitrogens with zero attached hydrogens (tertiary/aromatic N) is 2. The van der Waals surface area contributed by atoms with Gasteiger partial charge in [0.25, 0.3) is 5.91 Å². The van der Waals surface area contributed by atoms with Gasteiger partial charge in [-0.1, -0.05) is 12.8 Å². The van der Waals surface area contributed by atoms with Crippen LogP contribution in [0.3, 0.4) is 0 Å². The average Bonchev–Trinajstić information content (AvgIpc) is 2.56. The van der Waals surface area contributed by atoms with Gasteiger partial charge in [0.05, 0.1) is 17.6 Å². The van der Waals surface area contributed by atoms with Gasteiger partial charge in [-0.25, -0.2) is 9.97 Å². The van der Waals surface area contributed by atoms with Crippen molar-refractivity contribution in [2.24, 2.45) is 11.5 Å². The molecule has 0 spiro atoms. The third-order valence-electron chi connectivity index (χ3n) is 4.65. The molecular weight excluding hydrogens is 364 g/mol. The molecule has 2 aromatic heterocycles. The summed E-state index contributed by atoms with van der Waals surface area (Å²) in [5.74, 6) is 0.0658. The zero-order chi connectivity index (χ0) is 18.7. The van der Waals surface area contributed by atoms with Crippen LogP contribution in [0.1, 0.15) is 47.4 Å². The van der Waals surface area contributed by atoms with Crippen molar-refractivity contribution in [3.63, 3.8) is 0 Å². The van der Waals surface area contributed by atoms with Gasteiger partial charge in [-0.05, 0) is 50.5 Å². The van der Waals surface area contributed by atoms with E-state index in [1.807, 2.05) is 32.0 Å². The molecular formula is C19H27ClN6O. The van der Waals surface area contributed by atoms with Crippen LogP contribution in [-0.4, -0.2) is 28.0 Å². The van der Waals surface area contributed by atoms with Crippen molar-refractivity contribution in [3.8, 4) is 0 Å². The lowest BCUT2D eigenvalue weighted by Gasteiger charge is -2.30. The maximum Gasteiger partial charge on any atom is 0.269 e. The zero-order valence-corrected chi connectivity index (χ0v) is 16.5. The number of carbonyl (C=O) groups is 1. The van der Waals surface area contributed by atoms with Crippen molar-refractivity contribution in [2.45, 2.75) is 51.6 Å². The summed E-state index contributed by atoms with van der Waals surface area (Å²) in [4.78, 5) is 20.5. The van der Waals surface area contributed by atoms with Crippen LogP contribution in [0, 0.1) is 13.8 Å². The number of rotatable bonds is 5. The average molecular weight is 391 g/mol. The molecule has 0 radical (unpaired) electrons. The van der Waals surface area contributed by atoms with E-state index < -0.39 is 5.91 Å². The molecule has 3 rings (SSSR count). The van der Waals surface area contributed by atoms with Gasteiger partial charge in [-0.15, -0.1) is 12.4 Å². The normalized spacial score (nSPS) is 19.1. The standard InChI is InChI=1S/C19H26N6O.ClH/c1-11-7-12(2)23-17(8-11)25-16-9-13(10-22-18(16)19(21)26)24-15-6-4-3-5-14(15)20;/h7-10,14-15,24H,3-6,20H2,1-2H3,(H2,21,26)(H,23,25);1H/t14-,15+;/m0./s1. The molecule has 1 saturated carbocycles. The van der Waals surface area contributed by atoms with Crippen LogP contribution in [0.2, 0.25) is 0 Å². The maximum absolute atomic E-state index is 11.8. The molecule has 1 aliphatic rings. The number of halogens is 1. The Kier molecular flexibility index (Phi) is 6.98. The summed E-state index contributed by atoms with van der Waals surface area (Å²) in [6, 6.07) is 6.07. The third-order valence-corrected chi connectivity index (χ3v) is 4.65. The Bertz CT molecular complexity index is 793. The lowest BCUT2D eigenvalue weighted by atomic mass is 9.91. The SMILES string of the molecule is Cc1cc(C)nc(Nc2cc(N[C@@H]3CCCC[C@@H]3N)cnc2C(N)=O)c1.Cl. The minimum absolute atomic E-state index is 0. The molecule has 2 atom stereocenters. The Morgan fingerprint density at radius 3 is 2.59 bits per heavy atom. The molecule has 0 aliphatic heterocycles. The van der Waals surface area contributed by atoms with Gasteiger partial charge < -0.3 is 22.1 Å². The van der Waals surface area contributed by atoms with E-state index in [-0.39, 0.29) is 30.2 Å². The van der Waals surface area contributed by atoms with E-state index in [0.717, 1.165) is 36.2 Å². The Hall–Kier alpha value is -2.38. The predicted octanol–water partition coefficient (Wildman–Crippen LogP) is 3.04. The molecule has 0 unspecified atom stereocenters. The Balaban J connectivity index is 0.00000261. The molecule has 146 valence electrons. The van der Waals surface area contributed by atoms with Crippen LogP contribution < -0.4 is 22.1 Å². The molecule has 1 fully saturated rings. The Morgan fingerprint density at radius 1 is 1.19 bits per heavy atom. The van der Waals surface area contributed by atoms with Crippen LogP contribution in [-0.2, 0) is 0 Å². The number of aromatic nitrogens is 2. The largest absolute Gasteiger partial charge is 0.379 e. The number of aryl methyl sites for hydroxylation is 2. The van der Waals surface area contributed by atoms with E-state index in [9.17, 15) is 4.79 Å². The van der Waals surface area contributed by atoms with Crippen molar-refractivity contribution < 1.29 is 4.79 Å². The fourth-order valence-electron chi connectivity index (χ4n) is 3.43. The van der Waals surface area contributed by atoms with Crippen LogP contribution in [0.25, 0.3) is 0 Å². The minimum Gasteiger partial charge on any atom is -0.379 e. The number of amides is 1. The summed E-state index contributed by atoms with van der Waals surface area (Å²) >= 11 is 0. The highest BCUT2D eigenvalue weighted by molar-refractivity contribution is 5.97. The first kappa shape index (κ1) is 20.9. The molecule has 1 amide bonds. The molecule has 6 N–H and O–H groups in total. The number of nitrogens with two attached hydrogens (primary N) is 2. The number of nitrogens with one attached hydrogen (secondary N) is 2. The van der Waals surface area contributed by atoms with Crippen LogP contribution in [0.5, 0.6) is 0 Å². The summed E-state index contributed by atoms with van der Waals surface area (Å²) in [6.07, 6.45) is 6.00. The summed E-state index contributed by atoms with van der Waals surface area (Å²) in [5, 5.41) is 6.62. The Labute approximate surface area is 165 Å². The first-order valence-corrected chi connectivity index (χ1v) is 8.96. The van der Waals surface area contributed by atoms with Crippen molar-refractivity contribution in [1.82, 2.24) is 9.97 Å². The molecule has 1 aliphatic carbocycles. The van der Waals surface area contributed by atoms with Crippen LogP contribution in [0.4, 0.5) is 17.2 Å². The number of carbonyl (C=O) groups excluding carboxylic acids is 1. The van der Waals surface area contributed by atoms with Crippen molar-refractivity contribution in [2.75, 3.05) is 10.6 Å².